The van der Waals surface area contributed by atoms with Crippen molar-refractivity contribution in [2.75, 3.05) is 39.3 Å². The molecule has 4 nitrogen and oxygen atoms in total. The molecule has 5 heteroatoms. The van der Waals surface area contributed by atoms with Gasteiger partial charge in [-0.3, -0.25) is 9.69 Å². The molecule has 2 aliphatic heterocycles. The first-order valence-corrected chi connectivity index (χ1v) is 8.18. The molecular weight excluding hydrogens is 286 g/mol. The van der Waals surface area contributed by atoms with Gasteiger partial charge in [0.15, 0.2) is 0 Å². The second-order valence-electron chi connectivity index (χ2n) is 7.48. The average molecular weight is 318 g/mol. The van der Waals surface area contributed by atoms with Crippen molar-refractivity contribution in [3.8, 4) is 0 Å². The van der Waals surface area contributed by atoms with Crippen LogP contribution in [0.2, 0.25) is 0 Å². The van der Waals surface area contributed by atoms with E-state index >= 15 is 0 Å². The highest BCUT2D eigenvalue weighted by molar-refractivity contribution is 5.85. The van der Waals surface area contributed by atoms with Crippen LogP contribution in [0.3, 0.4) is 0 Å². The lowest BCUT2D eigenvalue weighted by Gasteiger charge is -2.31. The zero-order chi connectivity index (χ0) is 14.6. The number of carbonyl (C=O) groups excluding carboxylic acids is 1. The van der Waals surface area contributed by atoms with Crippen LogP contribution in [0.15, 0.2) is 0 Å². The SMILES string of the molecule is CC(C)(C)CC1CCCN1CCC(=O)N1CCNCC1.Cl. The Balaban J connectivity index is 0.00000220. The molecule has 0 spiro atoms. The molecule has 0 aliphatic carbocycles. The van der Waals surface area contributed by atoms with E-state index in [-0.39, 0.29) is 12.4 Å². The molecule has 0 bridgehead atoms. The maximum absolute atomic E-state index is 12.2. The predicted molar refractivity (Wildman–Crippen MR) is 90.0 cm³/mol. The Morgan fingerprint density at radius 2 is 1.86 bits per heavy atom. The van der Waals surface area contributed by atoms with Gasteiger partial charge in [0, 0.05) is 45.2 Å². The van der Waals surface area contributed by atoms with Crippen LogP contribution < -0.4 is 5.32 Å². The van der Waals surface area contributed by atoms with E-state index < -0.39 is 0 Å². The van der Waals surface area contributed by atoms with E-state index in [1.54, 1.807) is 0 Å². The van der Waals surface area contributed by atoms with Crippen molar-refractivity contribution in [1.82, 2.24) is 15.1 Å². The first-order chi connectivity index (χ1) is 9.46. The van der Waals surface area contributed by atoms with Crippen molar-refractivity contribution in [1.29, 1.82) is 0 Å². The maximum Gasteiger partial charge on any atom is 0.223 e. The fraction of sp³-hybridized carbons (Fsp3) is 0.938. The third-order valence-electron chi connectivity index (χ3n) is 4.43. The molecule has 2 rings (SSSR count). The smallest absolute Gasteiger partial charge is 0.223 e. The first kappa shape index (κ1) is 18.7. The van der Waals surface area contributed by atoms with Crippen LogP contribution in [-0.2, 0) is 4.79 Å². The minimum atomic E-state index is 0. The topological polar surface area (TPSA) is 35.6 Å². The standard InChI is InChI=1S/C16H31N3O.ClH/c1-16(2,3)13-14-5-4-9-18(14)10-6-15(20)19-11-7-17-8-12-19;/h14,17H,4-13H2,1-3H3;1H. The van der Waals surface area contributed by atoms with E-state index in [2.05, 4.69) is 31.0 Å². The minimum Gasteiger partial charge on any atom is -0.340 e. The van der Waals surface area contributed by atoms with Crippen molar-refractivity contribution in [2.45, 2.75) is 52.5 Å². The van der Waals surface area contributed by atoms with E-state index in [0.717, 1.165) is 32.7 Å². The van der Waals surface area contributed by atoms with Gasteiger partial charge in [-0.2, -0.15) is 0 Å². The lowest BCUT2D eigenvalue weighted by Crippen LogP contribution is -2.47. The van der Waals surface area contributed by atoms with Gasteiger partial charge in [-0.05, 0) is 31.2 Å². The molecule has 2 saturated heterocycles. The fourth-order valence-corrected chi connectivity index (χ4v) is 3.44. The number of amides is 1. The minimum absolute atomic E-state index is 0. The Morgan fingerprint density at radius 3 is 2.48 bits per heavy atom. The summed E-state index contributed by atoms with van der Waals surface area (Å²) in [5.41, 5.74) is 0.385. The number of hydrogen-bond donors (Lipinski definition) is 1. The van der Waals surface area contributed by atoms with Gasteiger partial charge in [0.2, 0.25) is 5.91 Å². The summed E-state index contributed by atoms with van der Waals surface area (Å²) in [6.45, 7) is 12.7. The number of hydrogen-bond acceptors (Lipinski definition) is 3. The number of likely N-dealkylation sites (tertiary alicyclic amines) is 1. The number of carbonyl (C=O) groups is 1. The van der Waals surface area contributed by atoms with E-state index in [1.807, 2.05) is 4.90 Å². The maximum atomic E-state index is 12.2. The van der Waals surface area contributed by atoms with Crippen molar-refractivity contribution >= 4 is 18.3 Å². The summed E-state index contributed by atoms with van der Waals surface area (Å²) >= 11 is 0. The van der Waals surface area contributed by atoms with Crippen molar-refractivity contribution in [3.05, 3.63) is 0 Å². The largest absolute Gasteiger partial charge is 0.340 e. The third-order valence-corrected chi connectivity index (χ3v) is 4.43. The van der Waals surface area contributed by atoms with Gasteiger partial charge in [0.25, 0.3) is 0 Å². The Kier molecular flexibility index (Phi) is 7.45. The number of nitrogens with zero attached hydrogens (tertiary/aromatic N) is 2. The zero-order valence-electron chi connectivity index (χ0n) is 13.9. The average Bonchev–Trinajstić information content (AvgIpc) is 2.82. The van der Waals surface area contributed by atoms with E-state index in [1.165, 1.54) is 25.8 Å². The molecule has 0 aromatic rings. The lowest BCUT2D eigenvalue weighted by molar-refractivity contribution is -0.132. The normalized spacial score (nSPS) is 24.0. The molecular formula is C16H32ClN3O. The van der Waals surface area contributed by atoms with Crippen molar-refractivity contribution < 1.29 is 4.79 Å². The summed E-state index contributed by atoms with van der Waals surface area (Å²) in [5.74, 6) is 0.341. The number of nitrogens with one attached hydrogen (secondary N) is 1. The monoisotopic (exact) mass is 317 g/mol. The highest BCUT2D eigenvalue weighted by Gasteiger charge is 2.29. The zero-order valence-corrected chi connectivity index (χ0v) is 14.7. The van der Waals surface area contributed by atoms with E-state index in [4.69, 9.17) is 0 Å². The molecule has 0 aromatic heterocycles. The Hall–Kier alpha value is -0.320. The molecule has 0 aromatic carbocycles. The Morgan fingerprint density at radius 1 is 1.19 bits per heavy atom. The first-order valence-electron chi connectivity index (χ1n) is 8.18. The van der Waals surface area contributed by atoms with Crippen LogP contribution >= 0.6 is 12.4 Å². The fourth-order valence-electron chi connectivity index (χ4n) is 3.44. The van der Waals surface area contributed by atoms with Crippen LogP contribution in [0, 0.1) is 5.41 Å². The van der Waals surface area contributed by atoms with Gasteiger partial charge in [-0.15, -0.1) is 12.4 Å². The molecule has 1 unspecified atom stereocenters. The summed E-state index contributed by atoms with van der Waals surface area (Å²) in [6, 6.07) is 0.686. The van der Waals surface area contributed by atoms with Crippen LogP contribution in [0.5, 0.6) is 0 Å². The molecule has 1 amide bonds. The van der Waals surface area contributed by atoms with Gasteiger partial charge in [-0.1, -0.05) is 20.8 Å². The van der Waals surface area contributed by atoms with Crippen molar-refractivity contribution in [3.63, 3.8) is 0 Å². The summed E-state index contributed by atoms with van der Waals surface area (Å²) in [6.07, 6.45) is 4.54. The third kappa shape index (κ3) is 6.13. The molecule has 2 heterocycles. The van der Waals surface area contributed by atoms with Gasteiger partial charge in [0.1, 0.15) is 0 Å². The molecule has 0 radical (unpaired) electrons. The summed E-state index contributed by atoms with van der Waals surface area (Å²) in [5, 5.41) is 3.30. The molecule has 0 saturated carbocycles. The van der Waals surface area contributed by atoms with Crippen LogP contribution in [-0.4, -0.2) is 61.0 Å². The van der Waals surface area contributed by atoms with Crippen LogP contribution in [0.25, 0.3) is 0 Å². The Bertz CT molecular complexity index is 324. The summed E-state index contributed by atoms with van der Waals surface area (Å²) < 4.78 is 0. The summed E-state index contributed by atoms with van der Waals surface area (Å²) in [4.78, 5) is 16.8. The second kappa shape index (κ2) is 8.35. The van der Waals surface area contributed by atoms with Gasteiger partial charge in [0.05, 0.1) is 0 Å². The molecule has 1 N–H and O–H groups in total. The van der Waals surface area contributed by atoms with E-state index in [9.17, 15) is 4.79 Å². The lowest BCUT2D eigenvalue weighted by atomic mass is 9.87. The number of piperazine rings is 1. The molecule has 1 atom stereocenters. The van der Waals surface area contributed by atoms with Crippen molar-refractivity contribution in [2.24, 2.45) is 5.41 Å². The van der Waals surface area contributed by atoms with Gasteiger partial charge in [-0.25, -0.2) is 0 Å². The second-order valence-corrected chi connectivity index (χ2v) is 7.48. The van der Waals surface area contributed by atoms with Crippen LogP contribution in [0.4, 0.5) is 0 Å². The van der Waals surface area contributed by atoms with E-state index in [0.29, 0.717) is 23.8 Å². The highest BCUT2D eigenvalue weighted by atomic mass is 35.5. The molecule has 124 valence electrons. The quantitative estimate of drug-likeness (QED) is 0.863. The Labute approximate surface area is 136 Å². The van der Waals surface area contributed by atoms with Crippen LogP contribution in [0.1, 0.15) is 46.5 Å². The van der Waals surface area contributed by atoms with Gasteiger partial charge < -0.3 is 10.2 Å². The number of halogens is 1. The predicted octanol–water partition coefficient (Wildman–Crippen LogP) is 2.13. The molecule has 2 fully saturated rings. The number of rotatable bonds is 4. The molecule has 2 aliphatic rings. The van der Waals surface area contributed by atoms with Gasteiger partial charge >= 0.3 is 0 Å². The highest BCUT2D eigenvalue weighted by Crippen LogP contribution is 2.29. The molecule has 21 heavy (non-hydrogen) atoms. The summed E-state index contributed by atoms with van der Waals surface area (Å²) in [7, 11) is 0.